The predicted molar refractivity (Wildman–Crippen MR) is 59.6 cm³/mol. The number of nitrogen functional groups attached to an aromatic ring is 1. The first kappa shape index (κ1) is 12.2. The lowest BCUT2D eigenvalue weighted by atomic mass is 10.1. The van der Waals surface area contributed by atoms with Gasteiger partial charge in [0.25, 0.3) is 0 Å². The Kier molecular flexibility index (Phi) is 3.66. The van der Waals surface area contributed by atoms with Gasteiger partial charge in [-0.1, -0.05) is 0 Å². The maximum atomic E-state index is 9.09. The number of rotatable bonds is 4. The second kappa shape index (κ2) is 4.79. The molecule has 16 heavy (non-hydrogen) atoms. The topological polar surface area (TPSA) is 115 Å². The zero-order valence-corrected chi connectivity index (χ0v) is 8.94. The average molecular weight is 222 g/mol. The molecule has 0 amide bonds. The fourth-order valence-corrected chi connectivity index (χ4v) is 1.06. The molecule has 0 saturated carbocycles. The van der Waals surface area contributed by atoms with Crippen LogP contribution in [0.15, 0.2) is 12.3 Å². The number of nitrogens with two attached hydrogens (primary N) is 1. The van der Waals surface area contributed by atoms with E-state index < -0.39 is 5.54 Å². The van der Waals surface area contributed by atoms with Crippen molar-refractivity contribution in [3.8, 4) is 6.07 Å². The summed E-state index contributed by atoms with van der Waals surface area (Å²) in [6, 6.07) is 3.39. The largest absolute Gasteiger partial charge is 0.396 e. The Morgan fingerprint density at radius 2 is 2.19 bits per heavy atom. The quantitative estimate of drug-likeness (QED) is 0.555. The van der Waals surface area contributed by atoms with Gasteiger partial charge in [0.2, 0.25) is 0 Å². The summed E-state index contributed by atoms with van der Waals surface area (Å²) < 4.78 is 0. The van der Waals surface area contributed by atoms with Crippen molar-refractivity contribution in [2.45, 2.75) is 12.5 Å². The summed E-state index contributed by atoms with van der Waals surface area (Å²) >= 11 is 0. The Bertz CT molecular complexity index is 410. The van der Waals surface area contributed by atoms with Gasteiger partial charge >= 0.3 is 0 Å². The maximum Gasteiger partial charge on any atom is 0.149 e. The van der Waals surface area contributed by atoms with Gasteiger partial charge in [0, 0.05) is 6.20 Å². The summed E-state index contributed by atoms with van der Waals surface area (Å²) in [6.45, 7) is 1.11. The molecule has 1 aromatic rings. The number of nitrogens with one attached hydrogen (secondary N) is 1. The third-order valence-electron chi connectivity index (χ3n) is 2.16. The molecule has 0 aliphatic carbocycles. The van der Waals surface area contributed by atoms with E-state index in [0.717, 1.165) is 0 Å². The summed E-state index contributed by atoms with van der Waals surface area (Å²) in [5.74, 6) is 0.338. The molecule has 0 unspecified atom stereocenters. The Morgan fingerprint density at radius 3 is 2.62 bits per heavy atom. The molecule has 0 radical (unpaired) electrons. The van der Waals surface area contributed by atoms with Crippen molar-refractivity contribution < 1.29 is 10.2 Å². The van der Waals surface area contributed by atoms with E-state index >= 15 is 0 Å². The van der Waals surface area contributed by atoms with E-state index in [2.05, 4.69) is 10.3 Å². The Morgan fingerprint density at radius 1 is 1.56 bits per heavy atom. The molecule has 0 spiro atoms. The van der Waals surface area contributed by atoms with Crippen LogP contribution in [-0.2, 0) is 0 Å². The van der Waals surface area contributed by atoms with Crippen molar-refractivity contribution >= 4 is 11.5 Å². The van der Waals surface area contributed by atoms with Crippen LogP contribution in [0.1, 0.15) is 12.5 Å². The molecule has 1 heterocycles. The molecule has 6 heteroatoms. The lowest BCUT2D eigenvalue weighted by molar-refractivity contribution is 0.147. The standard InChI is InChI=1S/C10H14N4O2/c1-10(5-15,6-16)14-9-8(12)2-7(3-11)4-13-9/h2,4,15-16H,5-6,12H2,1H3,(H,13,14). The van der Waals surface area contributed by atoms with E-state index in [1.165, 1.54) is 12.3 Å². The minimum absolute atomic E-state index is 0.259. The van der Waals surface area contributed by atoms with Gasteiger partial charge in [-0.15, -0.1) is 0 Å². The van der Waals surface area contributed by atoms with Gasteiger partial charge in [-0.3, -0.25) is 0 Å². The molecule has 0 atom stereocenters. The van der Waals surface area contributed by atoms with Gasteiger partial charge < -0.3 is 21.3 Å². The molecule has 0 saturated heterocycles. The van der Waals surface area contributed by atoms with Crippen molar-refractivity contribution in [2.75, 3.05) is 24.3 Å². The molecular weight excluding hydrogens is 208 g/mol. The second-order valence-corrected chi connectivity index (χ2v) is 3.78. The SMILES string of the molecule is CC(CO)(CO)Nc1ncc(C#N)cc1N. The molecule has 0 bridgehead atoms. The van der Waals surface area contributed by atoms with Crippen LogP contribution in [0.3, 0.4) is 0 Å². The number of aliphatic hydroxyl groups excluding tert-OH is 2. The summed E-state index contributed by atoms with van der Waals surface area (Å²) in [5.41, 5.74) is 5.44. The van der Waals surface area contributed by atoms with Gasteiger partial charge in [0.05, 0.1) is 30.0 Å². The molecule has 0 aromatic carbocycles. The normalized spacial score (nSPS) is 10.9. The predicted octanol–water partition coefficient (Wildman–Crippen LogP) is -0.309. The minimum atomic E-state index is -0.894. The molecular formula is C10H14N4O2. The highest BCUT2D eigenvalue weighted by molar-refractivity contribution is 5.64. The van der Waals surface area contributed by atoms with Crippen molar-refractivity contribution in [3.63, 3.8) is 0 Å². The van der Waals surface area contributed by atoms with Crippen molar-refractivity contribution in [3.05, 3.63) is 17.8 Å². The first-order chi connectivity index (χ1) is 7.54. The number of hydrogen-bond acceptors (Lipinski definition) is 6. The lowest BCUT2D eigenvalue weighted by Gasteiger charge is -2.27. The van der Waals surface area contributed by atoms with E-state index in [0.29, 0.717) is 17.1 Å². The zero-order valence-electron chi connectivity index (χ0n) is 8.94. The van der Waals surface area contributed by atoms with Crippen LogP contribution in [0.2, 0.25) is 0 Å². The van der Waals surface area contributed by atoms with E-state index in [4.69, 9.17) is 21.2 Å². The number of aliphatic hydroxyl groups is 2. The molecule has 6 nitrogen and oxygen atoms in total. The summed E-state index contributed by atoms with van der Waals surface area (Å²) in [7, 11) is 0. The van der Waals surface area contributed by atoms with Gasteiger partial charge in [0.1, 0.15) is 11.9 Å². The zero-order chi connectivity index (χ0) is 12.2. The lowest BCUT2D eigenvalue weighted by Crippen LogP contribution is -2.43. The van der Waals surface area contributed by atoms with Crippen molar-refractivity contribution in [2.24, 2.45) is 0 Å². The van der Waals surface area contributed by atoms with Crippen LogP contribution in [-0.4, -0.2) is 33.9 Å². The van der Waals surface area contributed by atoms with E-state index in [-0.39, 0.29) is 13.2 Å². The number of anilines is 2. The van der Waals surface area contributed by atoms with Crippen LogP contribution in [0, 0.1) is 11.3 Å². The highest BCUT2D eigenvalue weighted by atomic mass is 16.3. The summed E-state index contributed by atoms with van der Waals surface area (Å²) in [4.78, 5) is 3.95. The molecule has 1 aromatic heterocycles. The number of aromatic nitrogens is 1. The van der Waals surface area contributed by atoms with E-state index in [1.54, 1.807) is 6.92 Å². The molecule has 86 valence electrons. The number of nitrogens with zero attached hydrogens (tertiary/aromatic N) is 2. The first-order valence-electron chi connectivity index (χ1n) is 4.70. The highest BCUT2D eigenvalue weighted by Crippen LogP contribution is 2.20. The molecule has 1 rings (SSSR count). The minimum Gasteiger partial charge on any atom is -0.396 e. The summed E-state index contributed by atoms with van der Waals surface area (Å²) in [6.07, 6.45) is 1.37. The van der Waals surface area contributed by atoms with Crippen LogP contribution in [0.5, 0.6) is 0 Å². The Labute approximate surface area is 93.3 Å². The number of pyridine rings is 1. The van der Waals surface area contributed by atoms with Crippen LogP contribution >= 0.6 is 0 Å². The Balaban J connectivity index is 2.94. The highest BCUT2D eigenvalue weighted by Gasteiger charge is 2.23. The number of nitriles is 1. The fourth-order valence-electron chi connectivity index (χ4n) is 1.06. The average Bonchev–Trinajstić information content (AvgIpc) is 2.31. The third-order valence-corrected chi connectivity index (χ3v) is 2.16. The van der Waals surface area contributed by atoms with Gasteiger partial charge in [-0.25, -0.2) is 4.98 Å². The smallest absolute Gasteiger partial charge is 0.149 e. The third kappa shape index (κ3) is 2.59. The van der Waals surface area contributed by atoms with Gasteiger partial charge in [0.15, 0.2) is 0 Å². The Hall–Kier alpha value is -1.84. The van der Waals surface area contributed by atoms with Gasteiger partial charge in [-0.2, -0.15) is 5.26 Å². The van der Waals surface area contributed by atoms with E-state index in [9.17, 15) is 0 Å². The van der Waals surface area contributed by atoms with Crippen LogP contribution in [0.25, 0.3) is 0 Å². The first-order valence-corrected chi connectivity index (χ1v) is 4.70. The van der Waals surface area contributed by atoms with Crippen LogP contribution in [0.4, 0.5) is 11.5 Å². The number of hydrogen-bond donors (Lipinski definition) is 4. The van der Waals surface area contributed by atoms with Crippen molar-refractivity contribution in [1.82, 2.24) is 4.98 Å². The summed E-state index contributed by atoms with van der Waals surface area (Å²) in [5, 5.41) is 29.7. The fraction of sp³-hybridized carbons (Fsp3) is 0.400. The monoisotopic (exact) mass is 222 g/mol. The van der Waals surface area contributed by atoms with Crippen molar-refractivity contribution in [1.29, 1.82) is 5.26 Å². The van der Waals surface area contributed by atoms with Crippen LogP contribution < -0.4 is 11.1 Å². The molecule has 0 fully saturated rings. The molecule has 5 N–H and O–H groups in total. The van der Waals surface area contributed by atoms with E-state index in [1.807, 2.05) is 6.07 Å². The van der Waals surface area contributed by atoms with Gasteiger partial charge in [-0.05, 0) is 13.0 Å². The second-order valence-electron chi connectivity index (χ2n) is 3.78. The molecule has 0 aliphatic heterocycles. The maximum absolute atomic E-state index is 9.09. The molecule has 0 aliphatic rings.